The molecule has 0 unspecified atom stereocenters. The van der Waals surface area contributed by atoms with Crippen LogP contribution in [0.15, 0.2) is 61.6 Å². The number of halogens is 2. The summed E-state index contributed by atoms with van der Waals surface area (Å²) in [5.74, 6) is 0.444. The molecule has 3 aromatic carbocycles. The van der Waals surface area contributed by atoms with Crippen molar-refractivity contribution >= 4 is 59.7 Å². The summed E-state index contributed by atoms with van der Waals surface area (Å²) in [6.07, 6.45) is 9.61. The van der Waals surface area contributed by atoms with Gasteiger partial charge in [-0.1, -0.05) is 76.1 Å². The van der Waals surface area contributed by atoms with Gasteiger partial charge in [-0.25, -0.2) is 0 Å². The lowest BCUT2D eigenvalue weighted by molar-refractivity contribution is -0.385. The highest BCUT2D eigenvalue weighted by atomic mass is 79.9. The maximum atomic E-state index is 11.1. The van der Waals surface area contributed by atoms with Gasteiger partial charge in [0.05, 0.1) is 26.2 Å². The molecule has 0 saturated carbocycles. The molecule has 3 rings (SSSR count). The van der Waals surface area contributed by atoms with Crippen LogP contribution in [0.2, 0.25) is 0 Å². The fourth-order valence-corrected chi connectivity index (χ4v) is 5.10. The van der Waals surface area contributed by atoms with Crippen LogP contribution in [-0.2, 0) is 0 Å². The minimum atomic E-state index is -0.472. The van der Waals surface area contributed by atoms with Crippen molar-refractivity contribution in [2.45, 2.75) is 58.3 Å². The van der Waals surface area contributed by atoms with E-state index in [4.69, 9.17) is 4.74 Å². The van der Waals surface area contributed by atoms with Gasteiger partial charge in [0.1, 0.15) is 5.69 Å². The van der Waals surface area contributed by atoms with E-state index in [1.54, 1.807) is 6.07 Å². The van der Waals surface area contributed by atoms with Crippen LogP contribution < -0.4 is 4.74 Å². The Bertz CT molecular complexity index is 1180. The molecule has 3 aromatic rings. The van der Waals surface area contributed by atoms with Crippen LogP contribution in [0.3, 0.4) is 0 Å². The summed E-state index contributed by atoms with van der Waals surface area (Å²) in [6.45, 7) is 2.73. The van der Waals surface area contributed by atoms with Gasteiger partial charge in [-0.3, -0.25) is 10.1 Å². The summed E-state index contributed by atoms with van der Waals surface area (Å²) in [7, 11) is 0. The van der Waals surface area contributed by atoms with E-state index in [2.05, 4.69) is 49.0 Å². The van der Waals surface area contributed by atoms with Crippen LogP contribution in [0.25, 0.3) is 10.8 Å². The molecule has 0 radical (unpaired) electrons. The Morgan fingerprint density at radius 3 is 2.14 bits per heavy atom. The van der Waals surface area contributed by atoms with Crippen molar-refractivity contribution in [3.63, 3.8) is 0 Å². The number of nitro groups is 1. The smallest absolute Gasteiger partial charge is 0.271 e. The molecule has 0 amide bonds. The molecule has 35 heavy (non-hydrogen) atoms. The number of hydrogen-bond donors (Lipinski definition) is 1. The molecule has 0 saturated heterocycles. The van der Waals surface area contributed by atoms with E-state index in [-0.39, 0.29) is 11.4 Å². The number of non-ortho nitro benzene ring substituents is 1. The van der Waals surface area contributed by atoms with Crippen molar-refractivity contribution in [2.24, 2.45) is 10.2 Å². The first-order valence-electron chi connectivity index (χ1n) is 11.8. The van der Waals surface area contributed by atoms with Crippen molar-refractivity contribution in [1.29, 1.82) is 0 Å². The molecule has 0 spiro atoms. The molecular formula is C26H29Br2N3O4. The predicted octanol–water partition coefficient (Wildman–Crippen LogP) is 9.91. The number of benzene rings is 3. The summed E-state index contributed by atoms with van der Waals surface area (Å²) < 4.78 is 6.81. The van der Waals surface area contributed by atoms with Crippen LogP contribution in [-0.4, -0.2) is 16.6 Å². The number of rotatable bonds is 13. The van der Waals surface area contributed by atoms with Crippen LogP contribution >= 0.6 is 31.9 Å². The van der Waals surface area contributed by atoms with Crippen LogP contribution in [0.1, 0.15) is 58.3 Å². The van der Waals surface area contributed by atoms with Crippen molar-refractivity contribution in [2.75, 3.05) is 6.61 Å². The summed E-state index contributed by atoms with van der Waals surface area (Å²) in [5, 5.41) is 31.9. The topological polar surface area (TPSA) is 97.3 Å². The highest BCUT2D eigenvalue weighted by molar-refractivity contribution is 9.11. The largest absolute Gasteiger partial charge is 0.504 e. The number of azo groups is 1. The van der Waals surface area contributed by atoms with Gasteiger partial charge in [-0.05, 0) is 38.3 Å². The van der Waals surface area contributed by atoms with Crippen molar-refractivity contribution in [3.8, 4) is 11.5 Å². The van der Waals surface area contributed by atoms with E-state index in [1.165, 1.54) is 50.7 Å². The molecule has 7 nitrogen and oxygen atoms in total. The second kappa shape index (κ2) is 13.5. The molecule has 0 aliphatic carbocycles. The summed E-state index contributed by atoms with van der Waals surface area (Å²) >= 11 is 6.67. The summed E-state index contributed by atoms with van der Waals surface area (Å²) in [5.41, 5.74) is 0.894. The third kappa shape index (κ3) is 7.48. The van der Waals surface area contributed by atoms with E-state index in [1.807, 2.05) is 24.3 Å². The number of ether oxygens (including phenoxy) is 1. The number of phenolic OH excluding ortho intramolecular Hbond substituents is 1. The normalized spacial score (nSPS) is 11.4. The van der Waals surface area contributed by atoms with E-state index < -0.39 is 4.92 Å². The SMILES string of the molecule is CCCCCCCCCCOc1cc(N=Nc2c(Br)cc([N+](=O)[O-])cc2Br)c2ccccc2c1O. The van der Waals surface area contributed by atoms with Gasteiger partial charge >= 0.3 is 0 Å². The standard InChI is InChI=1S/C26H29Br2N3O4/c1-2-3-4-5-6-7-8-11-14-35-24-17-23(19-12-9-10-13-20(19)26(24)32)29-30-25-21(27)15-18(31(33)34)16-22(25)28/h9-10,12-13,15-17,32H,2-8,11,14H2,1H3. The molecule has 9 heteroatoms. The molecular weight excluding hydrogens is 578 g/mol. The Balaban J connectivity index is 1.75. The molecule has 0 aromatic heterocycles. The zero-order chi connectivity index (χ0) is 25.2. The minimum Gasteiger partial charge on any atom is -0.504 e. The van der Waals surface area contributed by atoms with Gasteiger partial charge in [-0.15, -0.1) is 10.2 Å². The zero-order valence-electron chi connectivity index (χ0n) is 19.7. The fraction of sp³-hybridized carbons (Fsp3) is 0.385. The second-order valence-electron chi connectivity index (χ2n) is 8.33. The van der Waals surface area contributed by atoms with Crippen LogP contribution in [0.4, 0.5) is 17.1 Å². The highest BCUT2D eigenvalue weighted by Gasteiger charge is 2.15. The van der Waals surface area contributed by atoms with Gasteiger partial charge in [0.15, 0.2) is 11.5 Å². The number of fused-ring (bicyclic) bond motifs is 1. The molecule has 0 aliphatic rings. The molecule has 0 heterocycles. The number of unbranched alkanes of at least 4 members (excludes halogenated alkanes) is 7. The van der Waals surface area contributed by atoms with Crippen molar-refractivity contribution < 1.29 is 14.8 Å². The predicted molar refractivity (Wildman–Crippen MR) is 146 cm³/mol. The molecule has 0 bridgehead atoms. The third-order valence-electron chi connectivity index (χ3n) is 5.69. The van der Waals surface area contributed by atoms with Gasteiger partial charge in [0, 0.05) is 29.0 Å². The van der Waals surface area contributed by atoms with E-state index in [9.17, 15) is 15.2 Å². The van der Waals surface area contributed by atoms with Gasteiger partial charge < -0.3 is 9.84 Å². The Hall–Kier alpha value is -2.52. The number of nitrogens with zero attached hydrogens (tertiary/aromatic N) is 3. The summed E-state index contributed by atoms with van der Waals surface area (Å²) in [4.78, 5) is 10.6. The molecule has 0 fully saturated rings. The molecule has 1 N–H and O–H groups in total. The average Bonchev–Trinajstić information content (AvgIpc) is 2.84. The Kier molecular flexibility index (Phi) is 10.5. The minimum absolute atomic E-state index is 0.0607. The van der Waals surface area contributed by atoms with Crippen molar-refractivity contribution in [1.82, 2.24) is 0 Å². The average molecular weight is 607 g/mol. The Morgan fingerprint density at radius 1 is 0.914 bits per heavy atom. The Morgan fingerprint density at radius 2 is 1.51 bits per heavy atom. The zero-order valence-corrected chi connectivity index (χ0v) is 22.8. The number of nitro benzene ring substituents is 1. The number of aromatic hydroxyl groups is 1. The molecule has 186 valence electrons. The fourth-order valence-electron chi connectivity index (χ4n) is 3.78. The molecule has 0 atom stereocenters. The van der Waals surface area contributed by atoms with Gasteiger partial charge in [0.25, 0.3) is 5.69 Å². The monoisotopic (exact) mass is 605 g/mol. The lowest BCUT2D eigenvalue weighted by Gasteiger charge is -2.12. The molecule has 0 aliphatic heterocycles. The first-order chi connectivity index (χ1) is 16.9. The quantitative estimate of drug-likeness (QED) is 0.0905. The lowest BCUT2D eigenvalue weighted by atomic mass is 10.1. The van der Waals surface area contributed by atoms with Crippen LogP contribution in [0, 0.1) is 10.1 Å². The van der Waals surface area contributed by atoms with E-state index >= 15 is 0 Å². The number of hydrogen-bond acceptors (Lipinski definition) is 6. The van der Waals surface area contributed by atoms with Gasteiger partial charge in [-0.2, -0.15) is 0 Å². The Labute approximate surface area is 222 Å². The first kappa shape index (κ1) is 27.1. The maximum absolute atomic E-state index is 11.1. The highest BCUT2D eigenvalue weighted by Crippen LogP contribution is 2.43. The van der Waals surface area contributed by atoms with Crippen LogP contribution in [0.5, 0.6) is 11.5 Å². The summed E-state index contributed by atoms with van der Waals surface area (Å²) in [6, 6.07) is 11.8. The lowest BCUT2D eigenvalue weighted by Crippen LogP contribution is -1.98. The second-order valence-corrected chi connectivity index (χ2v) is 10.0. The van der Waals surface area contributed by atoms with E-state index in [0.717, 1.165) is 18.2 Å². The van der Waals surface area contributed by atoms with E-state index in [0.29, 0.717) is 38.1 Å². The maximum Gasteiger partial charge on any atom is 0.271 e. The first-order valence-corrected chi connectivity index (χ1v) is 13.4. The van der Waals surface area contributed by atoms with Crippen molar-refractivity contribution in [3.05, 3.63) is 61.5 Å². The number of phenols is 1. The van der Waals surface area contributed by atoms with Gasteiger partial charge in [0.2, 0.25) is 0 Å². The third-order valence-corrected chi connectivity index (χ3v) is 6.89.